The minimum Gasteiger partial charge on any atom is -0.377 e. The summed E-state index contributed by atoms with van der Waals surface area (Å²) < 4.78 is 5.28. The van der Waals surface area contributed by atoms with Crippen molar-refractivity contribution in [3.8, 4) is 0 Å². The molecule has 0 aromatic carbocycles. The van der Waals surface area contributed by atoms with E-state index in [1.807, 2.05) is 0 Å². The monoisotopic (exact) mass is 175 g/mol. The van der Waals surface area contributed by atoms with E-state index in [0.717, 1.165) is 12.8 Å². The molecule has 62 valence electrons. The highest BCUT2D eigenvalue weighted by molar-refractivity contribution is 6.62. The number of morpholine rings is 1. The van der Waals surface area contributed by atoms with Crippen LogP contribution in [0.5, 0.6) is 0 Å². The average Bonchev–Trinajstić information content (AvgIpc) is 2.70. The highest BCUT2D eigenvalue weighted by Crippen LogP contribution is 2.43. The molecule has 1 aliphatic heterocycles. The van der Waals surface area contributed by atoms with E-state index < -0.39 is 0 Å². The highest BCUT2D eigenvalue weighted by Gasteiger charge is 2.51. The van der Waals surface area contributed by atoms with Gasteiger partial charge in [-0.25, -0.2) is 0 Å². The molecular weight excluding hydrogens is 166 g/mol. The third-order valence-electron chi connectivity index (χ3n) is 2.44. The Bertz CT molecular complexity index is 191. The number of nitrogens with zero attached hydrogens (tertiary/aromatic N) is 1. The number of carbonyl (C=O) groups is 1. The molecule has 1 amide bonds. The van der Waals surface area contributed by atoms with Crippen molar-refractivity contribution in [2.45, 2.75) is 18.4 Å². The second-order valence-corrected chi connectivity index (χ2v) is 3.50. The summed E-state index contributed by atoms with van der Waals surface area (Å²) in [5.41, 5.74) is -0.00289. The Hall–Kier alpha value is -0.280. The maximum atomic E-state index is 10.9. The number of carbonyl (C=O) groups excluding carboxylic acids is 1. The molecule has 4 heteroatoms. The van der Waals surface area contributed by atoms with Crippen molar-refractivity contribution in [3.05, 3.63) is 0 Å². The lowest BCUT2D eigenvalue weighted by Crippen LogP contribution is -2.48. The smallest absolute Gasteiger partial charge is 0.316 e. The van der Waals surface area contributed by atoms with Gasteiger partial charge in [0.05, 0.1) is 18.8 Å². The molecule has 0 N–H and O–H groups in total. The van der Waals surface area contributed by atoms with Gasteiger partial charge in [-0.1, -0.05) is 0 Å². The highest BCUT2D eigenvalue weighted by atomic mass is 35.5. The maximum Gasteiger partial charge on any atom is 0.316 e. The number of halogens is 1. The molecular formula is C7H10ClNO2. The van der Waals surface area contributed by atoms with Crippen molar-refractivity contribution in [3.63, 3.8) is 0 Å². The summed E-state index contributed by atoms with van der Waals surface area (Å²) in [7, 11) is 0. The van der Waals surface area contributed by atoms with Crippen LogP contribution in [0, 0.1) is 0 Å². The maximum absolute atomic E-state index is 10.9. The van der Waals surface area contributed by atoms with E-state index in [-0.39, 0.29) is 10.9 Å². The molecule has 2 fully saturated rings. The lowest BCUT2D eigenvalue weighted by Gasteiger charge is -2.34. The Morgan fingerprint density at radius 3 is 2.73 bits per heavy atom. The number of ether oxygens (including phenoxy) is 1. The molecule has 0 atom stereocenters. The summed E-state index contributed by atoms with van der Waals surface area (Å²) in [6.07, 6.45) is 2.09. The first kappa shape index (κ1) is 7.37. The summed E-state index contributed by atoms with van der Waals surface area (Å²) in [6.45, 7) is 1.95. The van der Waals surface area contributed by atoms with Crippen LogP contribution in [0.1, 0.15) is 12.8 Å². The molecule has 3 nitrogen and oxygen atoms in total. The summed E-state index contributed by atoms with van der Waals surface area (Å²) in [4.78, 5) is 12.6. The van der Waals surface area contributed by atoms with Crippen LogP contribution in [0.25, 0.3) is 0 Å². The predicted molar refractivity (Wildman–Crippen MR) is 40.7 cm³/mol. The summed E-state index contributed by atoms with van der Waals surface area (Å²) in [5.74, 6) is 0. The first-order valence-corrected chi connectivity index (χ1v) is 4.17. The van der Waals surface area contributed by atoms with Gasteiger partial charge >= 0.3 is 5.37 Å². The summed E-state index contributed by atoms with van der Waals surface area (Å²) in [6, 6.07) is 0. The van der Waals surface area contributed by atoms with E-state index in [1.54, 1.807) is 4.90 Å². The van der Waals surface area contributed by atoms with E-state index in [4.69, 9.17) is 16.3 Å². The van der Waals surface area contributed by atoms with Gasteiger partial charge in [0.2, 0.25) is 0 Å². The fourth-order valence-corrected chi connectivity index (χ4v) is 1.83. The molecule has 11 heavy (non-hydrogen) atoms. The van der Waals surface area contributed by atoms with Crippen LogP contribution in [0.3, 0.4) is 0 Å². The van der Waals surface area contributed by atoms with Crippen LogP contribution in [0.15, 0.2) is 0 Å². The quantitative estimate of drug-likeness (QED) is 0.409. The molecule has 0 radical (unpaired) electrons. The van der Waals surface area contributed by atoms with Gasteiger partial charge in [-0.05, 0) is 24.4 Å². The van der Waals surface area contributed by atoms with Gasteiger partial charge in [0, 0.05) is 6.54 Å². The zero-order valence-electron chi connectivity index (χ0n) is 6.18. The molecule has 1 heterocycles. The zero-order chi connectivity index (χ0) is 7.90. The van der Waals surface area contributed by atoms with Crippen LogP contribution in [0.4, 0.5) is 4.79 Å². The Morgan fingerprint density at radius 2 is 2.27 bits per heavy atom. The van der Waals surface area contributed by atoms with Gasteiger partial charge in [0.25, 0.3) is 0 Å². The van der Waals surface area contributed by atoms with Crippen LogP contribution in [0.2, 0.25) is 0 Å². The third kappa shape index (κ3) is 1.12. The van der Waals surface area contributed by atoms with Crippen LogP contribution in [-0.4, -0.2) is 35.6 Å². The van der Waals surface area contributed by atoms with Crippen molar-refractivity contribution in [2.24, 2.45) is 0 Å². The van der Waals surface area contributed by atoms with Gasteiger partial charge in [-0.3, -0.25) is 4.79 Å². The number of hydrogen-bond donors (Lipinski definition) is 0. The molecule has 2 aliphatic rings. The molecule has 2 rings (SSSR count). The van der Waals surface area contributed by atoms with E-state index in [2.05, 4.69) is 0 Å². The van der Waals surface area contributed by atoms with Gasteiger partial charge in [-0.2, -0.15) is 0 Å². The number of hydrogen-bond acceptors (Lipinski definition) is 2. The summed E-state index contributed by atoms with van der Waals surface area (Å²) in [5, 5.41) is -0.328. The standard InChI is InChI=1S/C7H10ClNO2/c8-6(10)9-3-4-11-5-7(9)1-2-7/h1-5H2. The second-order valence-electron chi connectivity index (χ2n) is 3.18. The summed E-state index contributed by atoms with van der Waals surface area (Å²) >= 11 is 5.41. The number of rotatable bonds is 0. The van der Waals surface area contributed by atoms with Crippen LogP contribution >= 0.6 is 11.6 Å². The van der Waals surface area contributed by atoms with E-state index in [9.17, 15) is 4.79 Å². The fraction of sp³-hybridized carbons (Fsp3) is 0.857. The van der Waals surface area contributed by atoms with Crippen LogP contribution < -0.4 is 0 Å². The molecule has 0 unspecified atom stereocenters. The van der Waals surface area contributed by atoms with Gasteiger partial charge < -0.3 is 9.64 Å². The van der Waals surface area contributed by atoms with Gasteiger partial charge in [0.1, 0.15) is 0 Å². The topological polar surface area (TPSA) is 29.5 Å². The largest absolute Gasteiger partial charge is 0.377 e. The first-order valence-electron chi connectivity index (χ1n) is 3.79. The normalized spacial score (nSPS) is 27.2. The third-order valence-corrected chi connectivity index (χ3v) is 2.65. The Morgan fingerprint density at radius 1 is 1.55 bits per heavy atom. The van der Waals surface area contributed by atoms with E-state index >= 15 is 0 Å². The Labute approximate surface area is 70.3 Å². The molecule has 0 bridgehead atoms. The lowest BCUT2D eigenvalue weighted by atomic mass is 10.2. The molecule has 1 saturated carbocycles. The zero-order valence-corrected chi connectivity index (χ0v) is 6.93. The lowest BCUT2D eigenvalue weighted by molar-refractivity contribution is 0.00651. The average molecular weight is 176 g/mol. The Balaban J connectivity index is 2.10. The molecule has 0 aromatic heterocycles. The molecule has 1 aliphatic carbocycles. The van der Waals surface area contributed by atoms with Crippen molar-refractivity contribution in [1.29, 1.82) is 0 Å². The van der Waals surface area contributed by atoms with Crippen molar-refractivity contribution >= 4 is 17.0 Å². The SMILES string of the molecule is O=C(Cl)N1CCOCC12CC2. The van der Waals surface area contributed by atoms with Gasteiger partial charge in [-0.15, -0.1) is 0 Å². The molecule has 1 spiro atoms. The van der Waals surface area contributed by atoms with Gasteiger partial charge in [0.15, 0.2) is 0 Å². The van der Waals surface area contributed by atoms with Crippen molar-refractivity contribution < 1.29 is 9.53 Å². The predicted octanol–water partition coefficient (Wildman–Crippen LogP) is 1.21. The van der Waals surface area contributed by atoms with E-state index in [0.29, 0.717) is 19.8 Å². The minimum absolute atomic E-state index is 0.00289. The van der Waals surface area contributed by atoms with E-state index in [1.165, 1.54) is 0 Å². The fourth-order valence-electron chi connectivity index (χ4n) is 1.57. The first-order chi connectivity index (χ1) is 5.25. The number of amides is 1. The Kier molecular flexibility index (Phi) is 1.58. The minimum atomic E-state index is -0.328. The van der Waals surface area contributed by atoms with Crippen molar-refractivity contribution in [1.82, 2.24) is 4.90 Å². The van der Waals surface area contributed by atoms with Crippen LogP contribution in [-0.2, 0) is 4.74 Å². The second kappa shape index (κ2) is 2.35. The molecule has 1 saturated heterocycles. The molecule has 0 aromatic rings. The van der Waals surface area contributed by atoms with Crippen molar-refractivity contribution in [2.75, 3.05) is 19.8 Å².